The molecule has 96 valence electrons. The lowest BCUT2D eigenvalue weighted by Gasteiger charge is -2.22. The van der Waals surface area contributed by atoms with E-state index in [9.17, 15) is 9.90 Å². The summed E-state index contributed by atoms with van der Waals surface area (Å²) >= 11 is 0. The topological polar surface area (TPSA) is 100 Å². The van der Waals surface area contributed by atoms with E-state index in [1.165, 1.54) is 6.33 Å². The quantitative estimate of drug-likeness (QED) is 0.742. The Balaban J connectivity index is 2.09. The third kappa shape index (κ3) is 1.90. The fourth-order valence-corrected chi connectivity index (χ4v) is 1.97. The minimum absolute atomic E-state index is 0.0542. The van der Waals surface area contributed by atoms with Crippen molar-refractivity contribution in [3.63, 3.8) is 0 Å². The molecule has 1 aliphatic rings. The number of carboxylic acid groups (broad SMARTS) is 1. The summed E-state index contributed by atoms with van der Waals surface area (Å²) in [7, 11) is 0. The lowest BCUT2D eigenvalue weighted by atomic mass is 10.0. The Hall–Kier alpha value is -2.83. The van der Waals surface area contributed by atoms with E-state index in [-0.39, 0.29) is 17.5 Å². The molecule has 19 heavy (non-hydrogen) atoms. The van der Waals surface area contributed by atoms with E-state index in [4.69, 9.17) is 5.11 Å². The first-order valence-corrected chi connectivity index (χ1v) is 5.56. The fraction of sp³-hybridized carbons (Fsp3) is 0.0833. The third-order valence-corrected chi connectivity index (χ3v) is 2.87. The average molecular weight is 258 g/mol. The summed E-state index contributed by atoms with van der Waals surface area (Å²) in [5.41, 5.74) is 0.864. The van der Waals surface area contributed by atoms with Crippen LogP contribution in [0.2, 0.25) is 0 Å². The standard InChI is InChI=1S/C12H10N4O3/c17-8-3-1-7(2-4-8)10-5-9(11(18)19)15-12-13-6-14-16(10)12/h1-6,10,17H,(H,18,19)(H,13,14,15)/t10-/m0/s1. The van der Waals surface area contributed by atoms with Crippen LogP contribution >= 0.6 is 0 Å². The molecule has 7 nitrogen and oxygen atoms in total. The van der Waals surface area contributed by atoms with Gasteiger partial charge in [0.15, 0.2) is 0 Å². The number of carbonyl (C=O) groups is 1. The zero-order chi connectivity index (χ0) is 13.4. The molecule has 0 saturated heterocycles. The molecule has 0 amide bonds. The summed E-state index contributed by atoms with van der Waals surface area (Å²) in [6.07, 6.45) is 2.91. The zero-order valence-corrected chi connectivity index (χ0v) is 9.69. The van der Waals surface area contributed by atoms with Crippen LogP contribution in [0, 0.1) is 0 Å². The highest BCUT2D eigenvalue weighted by Crippen LogP contribution is 2.28. The Kier molecular flexibility index (Phi) is 2.45. The minimum atomic E-state index is -1.06. The van der Waals surface area contributed by atoms with Crippen LogP contribution in [0.4, 0.5) is 5.95 Å². The molecule has 1 aromatic carbocycles. The van der Waals surface area contributed by atoms with Gasteiger partial charge in [-0.05, 0) is 23.8 Å². The van der Waals surface area contributed by atoms with Crippen LogP contribution in [0.1, 0.15) is 11.6 Å². The highest BCUT2D eigenvalue weighted by atomic mass is 16.4. The Morgan fingerprint density at radius 3 is 2.74 bits per heavy atom. The number of phenolic OH excluding ortho intramolecular Hbond substituents is 1. The van der Waals surface area contributed by atoms with Crippen LogP contribution in [0.3, 0.4) is 0 Å². The number of nitrogens with zero attached hydrogens (tertiary/aromatic N) is 3. The maximum absolute atomic E-state index is 11.1. The van der Waals surface area contributed by atoms with Gasteiger partial charge in [0.1, 0.15) is 23.8 Å². The van der Waals surface area contributed by atoms with Gasteiger partial charge in [-0.1, -0.05) is 12.1 Å². The van der Waals surface area contributed by atoms with Crippen molar-refractivity contribution in [2.24, 2.45) is 0 Å². The van der Waals surface area contributed by atoms with E-state index in [2.05, 4.69) is 15.4 Å². The number of nitrogens with one attached hydrogen (secondary N) is 1. The summed E-state index contributed by atoms with van der Waals surface area (Å²) in [5.74, 6) is -0.532. The van der Waals surface area contributed by atoms with E-state index >= 15 is 0 Å². The van der Waals surface area contributed by atoms with Crippen LogP contribution in [-0.2, 0) is 4.79 Å². The van der Waals surface area contributed by atoms with Gasteiger partial charge in [0.2, 0.25) is 5.95 Å². The van der Waals surface area contributed by atoms with Gasteiger partial charge in [0.25, 0.3) is 0 Å². The van der Waals surface area contributed by atoms with Gasteiger partial charge in [-0.2, -0.15) is 10.1 Å². The van der Waals surface area contributed by atoms with Crippen LogP contribution in [0.25, 0.3) is 0 Å². The van der Waals surface area contributed by atoms with Crippen molar-refractivity contribution < 1.29 is 15.0 Å². The molecule has 3 rings (SSSR count). The van der Waals surface area contributed by atoms with Gasteiger partial charge < -0.3 is 15.5 Å². The number of fused-ring (bicyclic) bond motifs is 1. The highest BCUT2D eigenvalue weighted by molar-refractivity contribution is 5.90. The van der Waals surface area contributed by atoms with Gasteiger partial charge in [-0.15, -0.1) is 0 Å². The fourth-order valence-electron chi connectivity index (χ4n) is 1.97. The number of aromatic nitrogens is 3. The summed E-state index contributed by atoms with van der Waals surface area (Å²) in [6.45, 7) is 0. The van der Waals surface area contributed by atoms with Gasteiger partial charge in [-0.3, -0.25) is 0 Å². The Morgan fingerprint density at radius 2 is 2.05 bits per heavy atom. The van der Waals surface area contributed by atoms with Crippen molar-refractivity contribution >= 4 is 11.9 Å². The number of rotatable bonds is 2. The monoisotopic (exact) mass is 258 g/mol. The zero-order valence-electron chi connectivity index (χ0n) is 9.69. The van der Waals surface area contributed by atoms with Crippen LogP contribution in [0.15, 0.2) is 42.4 Å². The predicted molar refractivity (Wildman–Crippen MR) is 65.6 cm³/mol. The molecule has 0 radical (unpaired) electrons. The van der Waals surface area contributed by atoms with Crippen molar-refractivity contribution in [2.45, 2.75) is 6.04 Å². The van der Waals surface area contributed by atoms with Gasteiger partial charge in [-0.25, -0.2) is 9.48 Å². The number of carboxylic acids is 1. The molecule has 7 heteroatoms. The molecule has 0 fully saturated rings. The molecule has 0 bridgehead atoms. The lowest BCUT2D eigenvalue weighted by molar-refractivity contribution is -0.132. The number of aliphatic carboxylic acids is 1. The maximum atomic E-state index is 11.1. The van der Waals surface area contributed by atoms with Crippen molar-refractivity contribution in [3.05, 3.63) is 47.9 Å². The van der Waals surface area contributed by atoms with Gasteiger partial charge >= 0.3 is 5.97 Å². The summed E-state index contributed by atoms with van der Waals surface area (Å²) < 4.78 is 1.58. The maximum Gasteiger partial charge on any atom is 0.352 e. The van der Waals surface area contributed by atoms with Crippen molar-refractivity contribution in [3.8, 4) is 5.75 Å². The van der Waals surface area contributed by atoms with Crippen LogP contribution < -0.4 is 5.32 Å². The van der Waals surface area contributed by atoms with Crippen molar-refractivity contribution in [1.29, 1.82) is 0 Å². The van der Waals surface area contributed by atoms with Gasteiger partial charge in [0, 0.05) is 0 Å². The second kappa shape index (κ2) is 4.13. The first kappa shape index (κ1) is 11.3. The average Bonchev–Trinajstić information content (AvgIpc) is 2.86. The van der Waals surface area contributed by atoms with E-state index in [1.807, 2.05) is 0 Å². The highest BCUT2D eigenvalue weighted by Gasteiger charge is 2.25. The third-order valence-electron chi connectivity index (χ3n) is 2.87. The van der Waals surface area contributed by atoms with E-state index in [1.54, 1.807) is 35.0 Å². The number of hydrogen-bond acceptors (Lipinski definition) is 5. The number of benzene rings is 1. The summed E-state index contributed by atoms with van der Waals surface area (Å²) in [5, 5.41) is 25.1. The van der Waals surface area contributed by atoms with E-state index in [0.29, 0.717) is 5.95 Å². The Labute approximate surface area is 107 Å². The summed E-state index contributed by atoms with van der Waals surface area (Å²) in [6, 6.07) is 6.15. The summed E-state index contributed by atoms with van der Waals surface area (Å²) in [4.78, 5) is 15.1. The lowest BCUT2D eigenvalue weighted by Crippen LogP contribution is -2.24. The first-order chi connectivity index (χ1) is 9.15. The molecule has 1 atom stereocenters. The molecule has 2 heterocycles. The van der Waals surface area contributed by atoms with E-state index < -0.39 is 5.97 Å². The normalized spacial score (nSPS) is 17.3. The molecular formula is C12H10N4O3. The molecule has 2 aromatic rings. The van der Waals surface area contributed by atoms with Crippen LogP contribution in [-0.4, -0.2) is 30.9 Å². The number of anilines is 1. The molecular weight excluding hydrogens is 248 g/mol. The number of hydrogen-bond donors (Lipinski definition) is 3. The largest absolute Gasteiger partial charge is 0.508 e. The molecule has 0 unspecified atom stereocenters. The molecule has 3 N–H and O–H groups in total. The van der Waals surface area contributed by atoms with E-state index in [0.717, 1.165) is 5.56 Å². The molecule has 1 aliphatic heterocycles. The number of allylic oxidation sites excluding steroid dienone is 1. The second-order valence-corrected chi connectivity index (χ2v) is 4.08. The molecule has 0 aliphatic carbocycles. The Bertz CT molecular complexity index is 660. The Morgan fingerprint density at radius 1 is 1.32 bits per heavy atom. The second-order valence-electron chi connectivity index (χ2n) is 4.08. The predicted octanol–water partition coefficient (Wildman–Crippen LogP) is 0.967. The minimum Gasteiger partial charge on any atom is -0.508 e. The number of aromatic hydroxyl groups is 1. The smallest absolute Gasteiger partial charge is 0.352 e. The molecule has 0 spiro atoms. The SMILES string of the molecule is O=C(O)C1=C[C@@H](c2ccc(O)cc2)n2ncnc2N1. The van der Waals surface area contributed by atoms with Gasteiger partial charge in [0.05, 0.1) is 0 Å². The van der Waals surface area contributed by atoms with Crippen LogP contribution in [0.5, 0.6) is 5.75 Å². The first-order valence-electron chi connectivity index (χ1n) is 5.56. The molecule has 1 aromatic heterocycles. The van der Waals surface area contributed by atoms with Crippen molar-refractivity contribution in [2.75, 3.05) is 5.32 Å². The van der Waals surface area contributed by atoms with Crippen molar-refractivity contribution in [1.82, 2.24) is 14.8 Å². The number of phenols is 1. The molecule has 0 saturated carbocycles.